The molecular weight excluding hydrogens is 311 g/mol. The van der Waals surface area contributed by atoms with Crippen LogP contribution < -0.4 is 5.32 Å². The van der Waals surface area contributed by atoms with Crippen LogP contribution in [0.2, 0.25) is 0 Å². The molecule has 1 aliphatic heterocycles. The van der Waals surface area contributed by atoms with Gasteiger partial charge < -0.3 is 5.32 Å². The Morgan fingerprint density at radius 1 is 1.08 bits per heavy atom. The molecule has 0 aliphatic carbocycles. The number of hydrogen-bond acceptors (Lipinski definition) is 3. The van der Waals surface area contributed by atoms with Crippen molar-refractivity contribution < 1.29 is 18.8 Å². The van der Waals surface area contributed by atoms with Crippen molar-refractivity contribution in [3.63, 3.8) is 0 Å². The van der Waals surface area contributed by atoms with Gasteiger partial charge in [0.2, 0.25) is 5.91 Å². The fourth-order valence-electron chi connectivity index (χ4n) is 2.54. The van der Waals surface area contributed by atoms with E-state index in [9.17, 15) is 18.8 Å². The zero-order valence-corrected chi connectivity index (χ0v) is 13.0. The standard InChI is InChI=1S/C18H15FN2O3/c1-11-5-7-12(8-6-11)9-20-15(22)10-21-17(23)13-3-2-4-14(19)16(13)18(21)24/h2-8H,9-10H2,1H3,(H,20,22). The highest BCUT2D eigenvalue weighted by atomic mass is 19.1. The van der Waals surface area contributed by atoms with Crippen molar-refractivity contribution in [2.24, 2.45) is 0 Å². The fraction of sp³-hybridized carbons (Fsp3) is 0.167. The van der Waals surface area contributed by atoms with E-state index in [4.69, 9.17) is 0 Å². The third kappa shape index (κ3) is 2.90. The summed E-state index contributed by atoms with van der Waals surface area (Å²) >= 11 is 0. The van der Waals surface area contributed by atoms with Crippen molar-refractivity contribution in [2.75, 3.05) is 6.54 Å². The van der Waals surface area contributed by atoms with Crippen molar-refractivity contribution in [1.29, 1.82) is 0 Å². The van der Waals surface area contributed by atoms with E-state index in [1.807, 2.05) is 31.2 Å². The number of nitrogens with one attached hydrogen (secondary N) is 1. The second-order valence-electron chi connectivity index (χ2n) is 5.62. The number of amides is 3. The maximum absolute atomic E-state index is 13.7. The molecule has 122 valence electrons. The maximum atomic E-state index is 13.7. The molecule has 1 N–H and O–H groups in total. The lowest BCUT2D eigenvalue weighted by molar-refractivity contribution is -0.121. The summed E-state index contributed by atoms with van der Waals surface area (Å²) in [6.45, 7) is 1.82. The molecule has 0 bridgehead atoms. The van der Waals surface area contributed by atoms with Crippen molar-refractivity contribution in [2.45, 2.75) is 13.5 Å². The van der Waals surface area contributed by atoms with Crippen LogP contribution >= 0.6 is 0 Å². The Bertz CT molecular complexity index is 831. The van der Waals surface area contributed by atoms with E-state index >= 15 is 0 Å². The summed E-state index contributed by atoms with van der Waals surface area (Å²) in [7, 11) is 0. The number of rotatable bonds is 4. The summed E-state index contributed by atoms with van der Waals surface area (Å²) < 4.78 is 13.7. The van der Waals surface area contributed by atoms with Crippen molar-refractivity contribution >= 4 is 17.7 Å². The third-order valence-electron chi connectivity index (χ3n) is 3.86. The predicted molar refractivity (Wildman–Crippen MR) is 84.8 cm³/mol. The van der Waals surface area contributed by atoms with Crippen molar-refractivity contribution in [3.05, 3.63) is 70.5 Å². The van der Waals surface area contributed by atoms with Crippen molar-refractivity contribution in [1.82, 2.24) is 10.2 Å². The Hall–Kier alpha value is -3.02. The topological polar surface area (TPSA) is 66.5 Å². The molecule has 0 radical (unpaired) electrons. The summed E-state index contributed by atoms with van der Waals surface area (Å²) in [4.78, 5) is 37.1. The van der Waals surface area contributed by atoms with Gasteiger partial charge in [-0.25, -0.2) is 4.39 Å². The van der Waals surface area contributed by atoms with E-state index in [2.05, 4.69) is 5.32 Å². The monoisotopic (exact) mass is 326 g/mol. The van der Waals surface area contributed by atoms with Gasteiger partial charge >= 0.3 is 0 Å². The van der Waals surface area contributed by atoms with Crippen LogP contribution in [0.1, 0.15) is 31.8 Å². The molecule has 0 unspecified atom stereocenters. The number of aryl methyl sites for hydroxylation is 1. The van der Waals surface area contributed by atoms with Crippen LogP contribution in [0.15, 0.2) is 42.5 Å². The van der Waals surface area contributed by atoms with Gasteiger partial charge in [0, 0.05) is 6.54 Å². The van der Waals surface area contributed by atoms with Crippen LogP contribution in [0.5, 0.6) is 0 Å². The van der Waals surface area contributed by atoms with E-state index in [0.717, 1.165) is 22.1 Å². The Balaban J connectivity index is 1.65. The minimum absolute atomic E-state index is 0.00802. The summed E-state index contributed by atoms with van der Waals surface area (Å²) in [6.07, 6.45) is 0. The molecule has 24 heavy (non-hydrogen) atoms. The smallest absolute Gasteiger partial charge is 0.265 e. The van der Waals surface area contributed by atoms with Crippen molar-refractivity contribution in [3.8, 4) is 0 Å². The highest BCUT2D eigenvalue weighted by molar-refractivity contribution is 6.22. The molecule has 0 aromatic heterocycles. The molecule has 5 nitrogen and oxygen atoms in total. The summed E-state index contributed by atoms with van der Waals surface area (Å²) in [5, 5.41) is 2.65. The van der Waals surface area contributed by atoms with Gasteiger partial charge in [0.05, 0.1) is 11.1 Å². The van der Waals surface area contributed by atoms with Gasteiger partial charge in [-0.15, -0.1) is 0 Å². The summed E-state index contributed by atoms with van der Waals surface area (Å²) in [5.74, 6) is -2.67. The second kappa shape index (κ2) is 6.23. The molecule has 0 atom stereocenters. The average Bonchev–Trinajstić information content (AvgIpc) is 2.80. The summed E-state index contributed by atoms with van der Waals surface area (Å²) in [5.41, 5.74) is 1.74. The van der Waals surface area contributed by atoms with E-state index in [-0.39, 0.29) is 17.7 Å². The van der Waals surface area contributed by atoms with Gasteiger partial charge in [0.1, 0.15) is 12.4 Å². The van der Waals surface area contributed by atoms with Gasteiger partial charge in [-0.2, -0.15) is 0 Å². The Morgan fingerprint density at radius 2 is 1.79 bits per heavy atom. The lowest BCUT2D eigenvalue weighted by Crippen LogP contribution is -2.40. The van der Waals surface area contributed by atoms with Gasteiger partial charge in [0.15, 0.2) is 0 Å². The molecule has 3 amide bonds. The Labute approximate surface area is 138 Å². The van der Waals surface area contributed by atoms with Crippen LogP contribution in [-0.4, -0.2) is 29.2 Å². The number of carbonyl (C=O) groups excluding carboxylic acids is 3. The van der Waals surface area contributed by atoms with Crippen LogP contribution in [0.4, 0.5) is 4.39 Å². The van der Waals surface area contributed by atoms with Gasteiger partial charge in [0.25, 0.3) is 11.8 Å². The number of nitrogens with zero attached hydrogens (tertiary/aromatic N) is 1. The molecular formula is C18H15FN2O3. The van der Waals surface area contributed by atoms with E-state index < -0.39 is 30.1 Å². The molecule has 1 aliphatic rings. The molecule has 1 heterocycles. The summed E-state index contributed by atoms with van der Waals surface area (Å²) in [6, 6.07) is 11.5. The largest absolute Gasteiger partial charge is 0.350 e. The molecule has 2 aromatic rings. The Kier molecular flexibility index (Phi) is 4.12. The number of hydrogen-bond donors (Lipinski definition) is 1. The normalized spacial score (nSPS) is 13.2. The molecule has 3 rings (SSSR count). The lowest BCUT2D eigenvalue weighted by Gasteiger charge is -2.13. The highest BCUT2D eigenvalue weighted by Gasteiger charge is 2.38. The number of halogens is 1. The van der Waals surface area contributed by atoms with Gasteiger partial charge in [-0.1, -0.05) is 35.9 Å². The molecule has 2 aromatic carbocycles. The first kappa shape index (κ1) is 15.9. The minimum atomic E-state index is -0.779. The number of fused-ring (bicyclic) bond motifs is 1. The average molecular weight is 326 g/mol. The van der Waals surface area contributed by atoms with E-state index in [0.29, 0.717) is 0 Å². The highest BCUT2D eigenvalue weighted by Crippen LogP contribution is 2.24. The molecule has 0 saturated carbocycles. The maximum Gasteiger partial charge on any atom is 0.265 e. The zero-order chi connectivity index (χ0) is 17.3. The fourth-order valence-corrected chi connectivity index (χ4v) is 2.54. The number of carbonyl (C=O) groups is 3. The van der Waals surface area contributed by atoms with Crippen LogP contribution in [0.25, 0.3) is 0 Å². The molecule has 0 spiro atoms. The first-order chi connectivity index (χ1) is 11.5. The SMILES string of the molecule is Cc1ccc(CNC(=O)CN2C(=O)c3cccc(F)c3C2=O)cc1. The first-order valence-electron chi connectivity index (χ1n) is 7.44. The van der Waals surface area contributed by atoms with E-state index in [1.165, 1.54) is 12.1 Å². The second-order valence-corrected chi connectivity index (χ2v) is 5.62. The lowest BCUT2D eigenvalue weighted by atomic mass is 10.1. The van der Waals surface area contributed by atoms with Crippen LogP contribution in [0, 0.1) is 12.7 Å². The van der Waals surface area contributed by atoms with Crippen LogP contribution in [0.3, 0.4) is 0 Å². The Morgan fingerprint density at radius 3 is 2.46 bits per heavy atom. The predicted octanol–water partition coefficient (Wildman–Crippen LogP) is 2.05. The molecule has 6 heteroatoms. The number of imide groups is 1. The number of benzene rings is 2. The van der Waals surface area contributed by atoms with Crippen LogP contribution in [-0.2, 0) is 11.3 Å². The van der Waals surface area contributed by atoms with E-state index in [1.54, 1.807) is 0 Å². The minimum Gasteiger partial charge on any atom is -0.350 e. The zero-order valence-electron chi connectivity index (χ0n) is 13.0. The van der Waals surface area contributed by atoms with Gasteiger partial charge in [-0.05, 0) is 24.6 Å². The quantitative estimate of drug-likeness (QED) is 0.875. The molecule has 0 fully saturated rings. The molecule has 0 saturated heterocycles. The first-order valence-corrected chi connectivity index (χ1v) is 7.44. The third-order valence-corrected chi connectivity index (χ3v) is 3.86. The van der Waals surface area contributed by atoms with Gasteiger partial charge in [-0.3, -0.25) is 19.3 Å².